The number of fused-ring (bicyclic) bond motifs is 1. The molecular formula is C13H18BrN5. The first kappa shape index (κ1) is 13.9. The maximum absolute atomic E-state index is 5.81. The lowest BCUT2D eigenvalue weighted by atomic mass is 10.3. The van der Waals surface area contributed by atoms with Crippen LogP contribution in [-0.2, 0) is 6.54 Å². The normalized spacial score (nSPS) is 13.7. The summed E-state index contributed by atoms with van der Waals surface area (Å²) in [5.41, 5.74) is 7.61. The maximum atomic E-state index is 5.81. The van der Waals surface area contributed by atoms with Gasteiger partial charge in [-0.15, -0.1) is 0 Å². The second-order valence-electron chi connectivity index (χ2n) is 4.50. The third-order valence-electron chi connectivity index (χ3n) is 2.88. The molecule has 102 valence electrons. The standard InChI is InChI=1S/C13H18BrN5/c1-3-9(2)17-13(15)16-6-11-8-19-7-10(14)4-5-12(19)18-11/h4-5,7-9H,3,6H2,1-2H3,(H3,15,16,17). The quantitative estimate of drug-likeness (QED) is 0.670. The molecule has 2 aromatic heterocycles. The first-order chi connectivity index (χ1) is 9.08. The van der Waals surface area contributed by atoms with Gasteiger partial charge in [0.2, 0.25) is 0 Å². The minimum Gasteiger partial charge on any atom is -0.370 e. The van der Waals surface area contributed by atoms with Crippen molar-refractivity contribution in [3.05, 3.63) is 34.7 Å². The highest BCUT2D eigenvalue weighted by Gasteiger charge is 2.02. The maximum Gasteiger partial charge on any atom is 0.189 e. The van der Waals surface area contributed by atoms with Gasteiger partial charge in [-0.25, -0.2) is 9.98 Å². The Bertz CT molecular complexity index is 590. The Morgan fingerprint density at radius 1 is 1.53 bits per heavy atom. The van der Waals surface area contributed by atoms with Crippen LogP contribution in [0.15, 0.2) is 34.0 Å². The number of pyridine rings is 1. The van der Waals surface area contributed by atoms with E-state index in [1.54, 1.807) is 0 Å². The van der Waals surface area contributed by atoms with E-state index in [-0.39, 0.29) is 0 Å². The predicted molar refractivity (Wildman–Crippen MR) is 81.1 cm³/mol. The SMILES string of the molecule is CCC(C)NC(N)=NCc1cn2cc(Br)ccc2n1. The van der Waals surface area contributed by atoms with E-state index in [1.165, 1.54) is 0 Å². The van der Waals surface area contributed by atoms with Gasteiger partial charge in [0, 0.05) is 22.9 Å². The van der Waals surface area contributed by atoms with E-state index < -0.39 is 0 Å². The lowest BCUT2D eigenvalue weighted by molar-refractivity contribution is 0.636. The summed E-state index contributed by atoms with van der Waals surface area (Å²) in [6.07, 6.45) is 4.94. The van der Waals surface area contributed by atoms with Crippen LogP contribution in [0.2, 0.25) is 0 Å². The van der Waals surface area contributed by atoms with Gasteiger partial charge in [-0.3, -0.25) is 0 Å². The summed E-state index contributed by atoms with van der Waals surface area (Å²) in [6.45, 7) is 4.66. The van der Waals surface area contributed by atoms with Crippen LogP contribution in [0, 0.1) is 0 Å². The summed E-state index contributed by atoms with van der Waals surface area (Å²) >= 11 is 3.43. The third-order valence-corrected chi connectivity index (χ3v) is 3.35. The number of aliphatic imine (C=N–C) groups is 1. The second kappa shape index (κ2) is 6.06. The van der Waals surface area contributed by atoms with Gasteiger partial charge in [0.1, 0.15) is 5.65 Å². The number of hydrogen-bond acceptors (Lipinski definition) is 2. The highest BCUT2D eigenvalue weighted by atomic mass is 79.9. The van der Waals surface area contributed by atoms with Crippen molar-refractivity contribution in [2.24, 2.45) is 10.7 Å². The van der Waals surface area contributed by atoms with Crippen molar-refractivity contribution >= 4 is 27.5 Å². The van der Waals surface area contributed by atoms with Crippen LogP contribution < -0.4 is 11.1 Å². The molecule has 0 aliphatic carbocycles. The number of rotatable bonds is 4. The Labute approximate surface area is 121 Å². The van der Waals surface area contributed by atoms with Crippen LogP contribution in [0.1, 0.15) is 26.0 Å². The zero-order chi connectivity index (χ0) is 13.8. The van der Waals surface area contributed by atoms with Gasteiger partial charge in [-0.1, -0.05) is 6.92 Å². The average molecular weight is 324 g/mol. The summed E-state index contributed by atoms with van der Waals surface area (Å²) < 4.78 is 2.98. The summed E-state index contributed by atoms with van der Waals surface area (Å²) in [7, 11) is 0. The molecule has 0 saturated carbocycles. The fraction of sp³-hybridized carbons (Fsp3) is 0.385. The van der Waals surface area contributed by atoms with Gasteiger partial charge < -0.3 is 15.5 Å². The Balaban J connectivity index is 2.07. The lowest BCUT2D eigenvalue weighted by Crippen LogP contribution is -2.38. The molecule has 3 N–H and O–H groups in total. The second-order valence-corrected chi connectivity index (χ2v) is 5.42. The molecule has 0 aliphatic rings. The molecule has 2 heterocycles. The van der Waals surface area contributed by atoms with Crippen LogP contribution in [0.3, 0.4) is 0 Å². The smallest absolute Gasteiger partial charge is 0.189 e. The molecule has 0 bridgehead atoms. The highest BCUT2D eigenvalue weighted by molar-refractivity contribution is 9.10. The summed E-state index contributed by atoms with van der Waals surface area (Å²) in [6, 6.07) is 4.26. The molecule has 1 unspecified atom stereocenters. The first-order valence-electron chi connectivity index (χ1n) is 6.28. The zero-order valence-electron chi connectivity index (χ0n) is 11.1. The van der Waals surface area contributed by atoms with Gasteiger partial charge >= 0.3 is 0 Å². The van der Waals surface area contributed by atoms with E-state index in [0.29, 0.717) is 18.5 Å². The number of halogens is 1. The topological polar surface area (TPSA) is 67.7 Å². The Morgan fingerprint density at radius 2 is 2.32 bits per heavy atom. The summed E-state index contributed by atoms with van der Waals surface area (Å²) in [5.74, 6) is 0.465. The van der Waals surface area contributed by atoms with E-state index in [0.717, 1.165) is 22.2 Å². The van der Waals surface area contributed by atoms with Gasteiger partial charge in [0.25, 0.3) is 0 Å². The van der Waals surface area contributed by atoms with Crippen molar-refractivity contribution in [1.29, 1.82) is 0 Å². The number of nitrogens with one attached hydrogen (secondary N) is 1. The summed E-state index contributed by atoms with van der Waals surface area (Å²) in [5, 5.41) is 3.13. The van der Waals surface area contributed by atoms with Crippen LogP contribution in [-0.4, -0.2) is 21.4 Å². The molecule has 5 nitrogen and oxygen atoms in total. The Morgan fingerprint density at radius 3 is 3.05 bits per heavy atom. The molecule has 0 spiro atoms. The van der Waals surface area contributed by atoms with Gasteiger partial charge in [0.05, 0.1) is 12.2 Å². The number of guanidine groups is 1. The Kier molecular flexibility index (Phi) is 4.42. The number of aromatic nitrogens is 2. The van der Waals surface area contributed by atoms with Crippen molar-refractivity contribution in [1.82, 2.24) is 14.7 Å². The van der Waals surface area contributed by atoms with E-state index >= 15 is 0 Å². The van der Waals surface area contributed by atoms with Crippen LogP contribution in [0.25, 0.3) is 5.65 Å². The molecule has 0 amide bonds. The van der Waals surface area contributed by atoms with Crippen LogP contribution in [0.4, 0.5) is 0 Å². The zero-order valence-corrected chi connectivity index (χ0v) is 12.7. The third kappa shape index (κ3) is 3.70. The highest BCUT2D eigenvalue weighted by Crippen LogP contribution is 2.12. The van der Waals surface area contributed by atoms with Gasteiger partial charge in [-0.2, -0.15) is 0 Å². The van der Waals surface area contributed by atoms with Crippen molar-refractivity contribution in [3.8, 4) is 0 Å². The minimum absolute atomic E-state index is 0.334. The van der Waals surface area contributed by atoms with E-state index in [2.05, 4.69) is 45.1 Å². The van der Waals surface area contributed by atoms with Gasteiger partial charge in [-0.05, 0) is 41.4 Å². The van der Waals surface area contributed by atoms with E-state index in [9.17, 15) is 0 Å². The first-order valence-corrected chi connectivity index (χ1v) is 7.07. The molecule has 2 aromatic rings. The van der Waals surface area contributed by atoms with Crippen molar-refractivity contribution in [2.45, 2.75) is 32.9 Å². The average Bonchev–Trinajstić information content (AvgIpc) is 2.78. The molecule has 0 radical (unpaired) electrons. The molecule has 6 heteroatoms. The molecule has 0 aromatic carbocycles. The van der Waals surface area contributed by atoms with Crippen molar-refractivity contribution in [2.75, 3.05) is 0 Å². The van der Waals surface area contributed by atoms with Crippen molar-refractivity contribution < 1.29 is 0 Å². The van der Waals surface area contributed by atoms with Gasteiger partial charge in [0.15, 0.2) is 5.96 Å². The number of imidazole rings is 1. The molecule has 0 aliphatic heterocycles. The molecule has 0 fully saturated rings. The number of nitrogens with zero attached hydrogens (tertiary/aromatic N) is 3. The largest absolute Gasteiger partial charge is 0.370 e. The molecule has 19 heavy (non-hydrogen) atoms. The molecule has 2 rings (SSSR count). The number of hydrogen-bond donors (Lipinski definition) is 2. The van der Waals surface area contributed by atoms with Crippen LogP contribution >= 0.6 is 15.9 Å². The van der Waals surface area contributed by atoms with E-state index in [4.69, 9.17) is 5.73 Å². The van der Waals surface area contributed by atoms with E-state index in [1.807, 2.05) is 28.9 Å². The minimum atomic E-state index is 0.334. The monoisotopic (exact) mass is 323 g/mol. The fourth-order valence-electron chi connectivity index (χ4n) is 1.66. The summed E-state index contributed by atoms with van der Waals surface area (Å²) in [4.78, 5) is 8.77. The molecule has 0 saturated heterocycles. The molecular weight excluding hydrogens is 306 g/mol. The Hall–Kier alpha value is -1.56. The van der Waals surface area contributed by atoms with Crippen molar-refractivity contribution in [3.63, 3.8) is 0 Å². The molecule has 1 atom stereocenters. The lowest BCUT2D eigenvalue weighted by Gasteiger charge is -2.11. The number of nitrogens with two attached hydrogens (primary N) is 1. The predicted octanol–water partition coefficient (Wildman–Crippen LogP) is 2.30. The fourth-order valence-corrected chi connectivity index (χ4v) is 2.01. The van der Waals surface area contributed by atoms with Crippen LogP contribution in [0.5, 0.6) is 0 Å².